The summed E-state index contributed by atoms with van der Waals surface area (Å²) < 4.78 is 56.2. The zero-order chi connectivity index (χ0) is 26.6. The molecule has 1 aliphatic rings. The second-order valence-electron chi connectivity index (χ2n) is 8.94. The van der Waals surface area contributed by atoms with Gasteiger partial charge in [0, 0.05) is 43.3 Å². The van der Waals surface area contributed by atoms with Crippen molar-refractivity contribution in [1.29, 1.82) is 0 Å². The highest BCUT2D eigenvalue weighted by atomic mass is 19.3. The number of anilines is 2. The summed E-state index contributed by atoms with van der Waals surface area (Å²) >= 11 is 0. The molecular formula is C26H32F2N4O5. The number of rotatable bonds is 11. The molecule has 0 aliphatic carbocycles. The van der Waals surface area contributed by atoms with Crippen molar-refractivity contribution in [3.05, 3.63) is 47.3 Å². The average Bonchev–Trinajstić information content (AvgIpc) is 3.37. The molecule has 37 heavy (non-hydrogen) atoms. The highest BCUT2D eigenvalue weighted by molar-refractivity contribution is 5.92. The van der Waals surface area contributed by atoms with Crippen molar-refractivity contribution in [1.82, 2.24) is 9.97 Å². The molecule has 1 saturated heterocycles. The maximum Gasteiger partial charge on any atom is 0.296 e. The summed E-state index contributed by atoms with van der Waals surface area (Å²) in [4.78, 5) is 9.24. The number of benzene rings is 2. The zero-order valence-corrected chi connectivity index (χ0v) is 21.3. The van der Waals surface area contributed by atoms with E-state index in [1.54, 1.807) is 26.4 Å². The molecule has 1 fully saturated rings. The third-order valence-electron chi connectivity index (χ3n) is 6.06. The Morgan fingerprint density at radius 3 is 2.59 bits per heavy atom. The summed E-state index contributed by atoms with van der Waals surface area (Å²) in [5, 5.41) is 4.01. The number of nitrogens with two attached hydrogens (primary N) is 1. The minimum atomic E-state index is -3.18. The monoisotopic (exact) mass is 518 g/mol. The fourth-order valence-corrected chi connectivity index (χ4v) is 4.22. The van der Waals surface area contributed by atoms with Gasteiger partial charge in [0.1, 0.15) is 25.1 Å². The Labute approximate surface area is 214 Å². The molecule has 3 N–H and O–H groups in total. The smallest absolute Gasteiger partial charge is 0.296 e. The molecule has 0 unspecified atom stereocenters. The fraction of sp³-hybridized carbons (Fsp3) is 0.462. The van der Waals surface area contributed by atoms with Crippen LogP contribution in [0.4, 0.5) is 20.3 Å². The van der Waals surface area contributed by atoms with E-state index in [9.17, 15) is 8.78 Å². The number of hydrogen-bond donors (Lipinski definition) is 2. The van der Waals surface area contributed by atoms with Gasteiger partial charge in [-0.15, -0.1) is 0 Å². The van der Waals surface area contributed by atoms with Crippen LogP contribution in [0.25, 0.3) is 10.9 Å². The lowest BCUT2D eigenvalue weighted by molar-refractivity contribution is -0.0698. The molecule has 2 atom stereocenters. The molecule has 1 aliphatic heterocycles. The lowest BCUT2D eigenvalue weighted by Crippen LogP contribution is -2.21. The molecule has 0 amide bonds. The molecular weight excluding hydrogens is 486 g/mol. The van der Waals surface area contributed by atoms with Gasteiger partial charge in [0.05, 0.1) is 31.9 Å². The topological polar surface area (TPSA) is 110 Å². The van der Waals surface area contributed by atoms with Gasteiger partial charge in [0.25, 0.3) is 5.92 Å². The Morgan fingerprint density at radius 2 is 1.92 bits per heavy atom. The second kappa shape index (κ2) is 11.4. The van der Waals surface area contributed by atoms with E-state index < -0.39 is 18.6 Å². The van der Waals surface area contributed by atoms with Crippen molar-refractivity contribution >= 4 is 22.4 Å². The fourth-order valence-electron chi connectivity index (χ4n) is 4.22. The molecule has 200 valence electrons. The molecule has 1 aromatic heterocycles. The number of nitrogens with one attached hydrogen (secondary N) is 1. The second-order valence-corrected chi connectivity index (χ2v) is 8.94. The lowest BCUT2D eigenvalue weighted by atomic mass is 10.00. The Kier molecular flexibility index (Phi) is 8.25. The summed E-state index contributed by atoms with van der Waals surface area (Å²) in [7, 11) is 4.35. The summed E-state index contributed by atoms with van der Waals surface area (Å²) in [5.74, 6) is -1.17. The Hall–Kier alpha value is -3.28. The first-order valence-electron chi connectivity index (χ1n) is 11.9. The van der Waals surface area contributed by atoms with Gasteiger partial charge in [0.15, 0.2) is 17.3 Å². The Bertz CT molecular complexity index is 1240. The van der Waals surface area contributed by atoms with Gasteiger partial charge in [-0.3, -0.25) is 0 Å². The van der Waals surface area contributed by atoms with Crippen LogP contribution in [0.5, 0.6) is 11.5 Å². The van der Waals surface area contributed by atoms with Crippen LogP contribution >= 0.6 is 0 Å². The first kappa shape index (κ1) is 26.8. The standard InChI is InChI=1S/C26H32F2N4O5/c1-15(16-7-17(9-18(29)8-16)26(27,28)14-34-3)30-25-20-10-23(37-19-5-6-36-12-19)22(35-4)11-21(20)31-24(32-25)13-33-2/h7-11,15,19H,5-6,12-14,29H2,1-4H3,(H,30,31,32)/t15-,19+/m1/s1. The average molecular weight is 519 g/mol. The first-order chi connectivity index (χ1) is 17.7. The third-order valence-corrected chi connectivity index (χ3v) is 6.06. The molecule has 0 radical (unpaired) electrons. The van der Waals surface area contributed by atoms with Crippen LogP contribution in [0.1, 0.15) is 36.3 Å². The van der Waals surface area contributed by atoms with Crippen molar-refractivity contribution in [2.45, 2.75) is 38.0 Å². The van der Waals surface area contributed by atoms with Crippen molar-refractivity contribution in [3.8, 4) is 11.5 Å². The number of halogens is 2. The van der Waals surface area contributed by atoms with Gasteiger partial charge in [-0.1, -0.05) is 0 Å². The van der Waals surface area contributed by atoms with Crippen LogP contribution in [0.3, 0.4) is 0 Å². The van der Waals surface area contributed by atoms with Gasteiger partial charge in [-0.2, -0.15) is 8.78 Å². The summed E-state index contributed by atoms with van der Waals surface area (Å²) in [6.07, 6.45) is 0.688. The summed E-state index contributed by atoms with van der Waals surface area (Å²) in [6.45, 7) is 2.42. The van der Waals surface area contributed by atoms with Gasteiger partial charge < -0.3 is 34.7 Å². The number of ether oxygens (including phenoxy) is 5. The molecule has 11 heteroatoms. The minimum absolute atomic E-state index is 0.0881. The summed E-state index contributed by atoms with van der Waals surface area (Å²) in [5.41, 5.74) is 7.17. The number of alkyl halides is 2. The highest BCUT2D eigenvalue weighted by Crippen LogP contribution is 2.37. The molecule has 3 aromatic rings. The SMILES string of the molecule is COCc1nc(N[C@H](C)c2cc(N)cc(C(F)(F)COC)c2)c2cc(O[C@H]3CCOC3)c(OC)cc2n1. The maximum atomic E-state index is 14.6. The van der Waals surface area contributed by atoms with Gasteiger partial charge >= 0.3 is 0 Å². The van der Waals surface area contributed by atoms with Gasteiger partial charge in [-0.25, -0.2) is 9.97 Å². The molecule has 0 bridgehead atoms. The maximum absolute atomic E-state index is 14.6. The van der Waals surface area contributed by atoms with E-state index in [1.807, 2.05) is 13.0 Å². The van der Waals surface area contributed by atoms with E-state index in [4.69, 9.17) is 29.4 Å². The van der Waals surface area contributed by atoms with E-state index in [1.165, 1.54) is 19.2 Å². The largest absolute Gasteiger partial charge is 0.493 e. The van der Waals surface area contributed by atoms with Gasteiger partial charge in [0.2, 0.25) is 0 Å². The summed E-state index contributed by atoms with van der Waals surface area (Å²) in [6, 6.07) is 7.50. The molecule has 2 heterocycles. The highest BCUT2D eigenvalue weighted by Gasteiger charge is 2.32. The van der Waals surface area contributed by atoms with Crippen molar-refractivity contribution < 1.29 is 32.5 Å². The first-order valence-corrected chi connectivity index (χ1v) is 11.9. The molecule has 0 saturated carbocycles. The number of fused-ring (bicyclic) bond motifs is 1. The lowest BCUT2D eigenvalue weighted by Gasteiger charge is -2.22. The van der Waals surface area contributed by atoms with E-state index in [-0.39, 0.29) is 24.0 Å². The number of methoxy groups -OCH3 is 3. The van der Waals surface area contributed by atoms with Crippen LogP contribution in [-0.4, -0.2) is 57.2 Å². The van der Waals surface area contributed by atoms with Gasteiger partial charge in [-0.05, 0) is 36.8 Å². The number of nitrogens with zero attached hydrogens (tertiary/aromatic N) is 2. The predicted octanol–water partition coefficient (Wildman–Crippen LogP) is 4.45. The van der Waals surface area contributed by atoms with Crippen LogP contribution in [-0.2, 0) is 26.7 Å². The van der Waals surface area contributed by atoms with Crippen molar-refractivity contribution in [2.75, 3.05) is 52.2 Å². The van der Waals surface area contributed by atoms with Crippen molar-refractivity contribution in [2.24, 2.45) is 0 Å². The number of aromatic nitrogens is 2. The zero-order valence-electron chi connectivity index (χ0n) is 21.3. The quantitative estimate of drug-likeness (QED) is 0.356. The Balaban J connectivity index is 1.73. The van der Waals surface area contributed by atoms with E-state index in [0.29, 0.717) is 52.8 Å². The van der Waals surface area contributed by atoms with Crippen LogP contribution < -0.4 is 20.5 Å². The Morgan fingerprint density at radius 1 is 1.11 bits per heavy atom. The van der Waals surface area contributed by atoms with Crippen LogP contribution in [0.2, 0.25) is 0 Å². The molecule has 4 rings (SSSR count). The van der Waals surface area contributed by atoms with E-state index in [2.05, 4.69) is 15.3 Å². The van der Waals surface area contributed by atoms with Crippen LogP contribution in [0.15, 0.2) is 30.3 Å². The molecule has 2 aromatic carbocycles. The minimum Gasteiger partial charge on any atom is -0.493 e. The van der Waals surface area contributed by atoms with Crippen LogP contribution in [0, 0.1) is 0 Å². The third kappa shape index (κ3) is 6.17. The molecule has 9 nitrogen and oxygen atoms in total. The molecule has 0 spiro atoms. The number of hydrogen-bond acceptors (Lipinski definition) is 9. The van der Waals surface area contributed by atoms with E-state index >= 15 is 0 Å². The number of nitrogen functional groups attached to an aromatic ring is 1. The van der Waals surface area contributed by atoms with Crippen molar-refractivity contribution in [3.63, 3.8) is 0 Å². The predicted molar refractivity (Wildman–Crippen MR) is 135 cm³/mol. The normalized spacial score (nSPS) is 16.6. The van der Waals surface area contributed by atoms with E-state index in [0.717, 1.165) is 6.42 Å².